The van der Waals surface area contributed by atoms with Crippen LogP contribution in [0.1, 0.15) is 12.0 Å². The molecule has 2 rings (SSSR count). The minimum absolute atomic E-state index is 0.356. The molecule has 0 saturated carbocycles. The van der Waals surface area contributed by atoms with Crippen LogP contribution in [-0.2, 0) is 6.54 Å². The number of rotatable bonds is 3. The molecular formula is C10H16ClN3. The van der Waals surface area contributed by atoms with Gasteiger partial charge in [-0.25, -0.2) is 0 Å². The van der Waals surface area contributed by atoms with E-state index in [2.05, 4.69) is 23.1 Å². The molecule has 0 amide bonds. The van der Waals surface area contributed by atoms with Crippen molar-refractivity contribution in [2.75, 3.05) is 19.6 Å². The van der Waals surface area contributed by atoms with E-state index in [1.165, 1.54) is 5.56 Å². The maximum absolute atomic E-state index is 6.03. The SMILES string of the molecule is Cc1cnn(CCN2CCC(Cl)C2)c1. The third-order valence-electron chi connectivity index (χ3n) is 2.62. The zero-order chi connectivity index (χ0) is 9.97. The van der Waals surface area contributed by atoms with Crippen molar-refractivity contribution in [1.82, 2.24) is 14.7 Å². The smallest absolute Gasteiger partial charge is 0.0536 e. The number of halogens is 1. The number of hydrogen-bond donors (Lipinski definition) is 0. The van der Waals surface area contributed by atoms with Gasteiger partial charge >= 0.3 is 0 Å². The van der Waals surface area contributed by atoms with Crippen molar-refractivity contribution in [3.8, 4) is 0 Å². The molecular weight excluding hydrogens is 198 g/mol. The average Bonchev–Trinajstić information content (AvgIpc) is 2.72. The monoisotopic (exact) mass is 213 g/mol. The zero-order valence-electron chi connectivity index (χ0n) is 8.49. The van der Waals surface area contributed by atoms with E-state index in [9.17, 15) is 0 Å². The van der Waals surface area contributed by atoms with Gasteiger partial charge in [-0.2, -0.15) is 5.10 Å². The van der Waals surface area contributed by atoms with Gasteiger partial charge < -0.3 is 0 Å². The lowest BCUT2D eigenvalue weighted by Crippen LogP contribution is -2.25. The van der Waals surface area contributed by atoms with Crippen LogP contribution in [0.2, 0.25) is 0 Å². The minimum Gasteiger partial charge on any atom is -0.300 e. The predicted molar refractivity (Wildman–Crippen MR) is 57.7 cm³/mol. The molecule has 1 aliphatic rings. The van der Waals surface area contributed by atoms with E-state index in [1.54, 1.807) is 0 Å². The molecule has 4 heteroatoms. The largest absolute Gasteiger partial charge is 0.300 e. The number of alkyl halides is 1. The number of hydrogen-bond acceptors (Lipinski definition) is 2. The molecule has 1 atom stereocenters. The minimum atomic E-state index is 0.356. The Balaban J connectivity index is 1.77. The van der Waals surface area contributed by atoms with Gasteiger partial charge in [0.25, 0.3) is 0 Å². The molecule has 0 spiro atoms. The summed E-state index contributed by atoms with van der Waals surface area (Å²) in [5.41, 5.74) is 1.22. The zero-order valence-corrected chi connectivity index (χ0v) is 9.24. The summed E-state index contributed by atoms with van der Waals surface area (Å²) < 4.78 is 2.00. The van der Waals surface area contributed by atoms with Crippen molar-refractivity contribution in [1.29, 1.82) is 0 Å². The van der Waals surface area contributed by atoms with E-state index < -0.39 is 0 Å². The molecule has 0 N–H and O–H groups in total. The summed E-state index contributed by atoms with van der Waals surface area (Å²) in [5.74, 6) is 0. The van der Waals surface area contributed by atoms with E-state index in [4.69, 9.17) is 11.6 Å². The van der Waals surface area contributed by atoms with Crippen molar-refractivity contribution >= 4 is 11.6 Å². The molecule has 1 unspecified atom stereocenters. The summed E-state index contributed by atoms with van der Waals surface area (Å²) in [6.45, 7) is 6.26. The number of aromatic nitrogens is 2. The second kappa shape index (κ2) is 4.32. The Morgan fingerprint density at radius 2 is 2.43 bits per heavy atom. The lowest BCUT2D eigenvalue weighted by Gasteiger charge is -2.14. The number of likely N-dealkylation sites (tertiary alicyclic amines) is 1. The molecule has 1 aliphatic heterocycles. The fourth-order valence-electron chi connectivity index (χ4n) is 1.82. The van der Waals surface area contributed by atoms with Crippen LogP contribution in [0.3, 0.4) is 0 Å². The Morgan fingerprint density at radius 3 is 3.00 bits per heavy atom. The second-order valence-corrected chi connectivity index (χ2v) is 4.58. The van der Waals surface area contributed by atoms with Gasteiger partial charge in [-0.15, -0.1) is 11.6 Å². The normalized spacial score (nSPS) is 23.1. The first kappa shape index (κ1) is 9.99. The van der Waals surface area contributed by atoms with Crippen molar-refractivity contribution in [2.45, 2.75) is 25.3 Å². The van der Waals surface area contributed by atoms with E-state index in [0.29, 0.717) is 5.38 Å². The van der Waals surface area contributed by atoms with Crippen molar-refractivity contribution in [3.63, 3.8) is 0 Å². The lowest BCUT2D eigenvalue weighted by molar-refractivity contribution is 0.316. The van der Waals surface area contributed by atoms with Crippen molar-refractivity contribution < 1.29 is 0 Å². The van der Waals surface area contributed by atoms with Gasteiger partial charge in [0.05, 0.1) is 12.7 Å². The summed E-state index contributed by atoms with van der Waals surface area (Å²) in [6, 6.07) is 0. The third-order valence-corrected chi connectivity index (χ3v) is 2.98. The molecule has 1 aromatic rings. The van der Waals surface area contributed by atoms with E-state index >= 15 is 0 Å². The maximum atomic E-state index is 6.03. The van der Waals surface area contributed by atoms with Gasteiger partial charge in [0.1, 0.15) is 0 Å². The van der Waals surface area contributed by atoms with Gasteiger partial charge in [-0.05, 0) is 25.5 Å². The Labute approximate surface area is 89.7 Å². The number of nitrogens with zero attached hydrogens (tertiary/aromatic N) is 3. The highest BCUT2D eigenvalue weighted by molar-refractivity contribution is 6.20. The second-order valence-electron chi connectivity index (χ2n) is 3.97. The maximum Gasteiger partial charge on any atom is 0.0536 e. The van der Waals surface area contributed by atoms with Crippen LogP contribution < -0.4 is 0 Å². The molecule has 0 radical (unpaired) electrons. The van der Waals surface area contributed by atoms with Gasteiger partial charge in [-0.1, -0.05) is 0 Å². The van der Waals surface area contributed by atoms with E-state index in [0.717, 1.165) is 32.6 Å². The molecule has 2 heterocycles. The highest BCUT2D eigenvalue weighted by atomic mass is 35.5. The quantitative estimate of drug-likeness (QED) is 0.710. The summed E-state index contributed by atoms with van der Waals surface area (Å²) >= 11 is 6.03. The molecule has 0 aromatic carbocycles. The highest BCUT2D eigenvalue weighted by Crippen LogP contribution is 2.13. The first-order chi connectivity index (χ1) is 6.74. The average molecular weight is 214 g/mol. The third kappa shape index (κ3) is 2.49. The summed E-state index contributed by atoms with van der Waals surface area (Å²) in [4.78, 5) is 2.40. The predicted octanol–water partition coefficient (Wildman–Crippen LogP) is 1.50. The van der Waals surface area contributed by atoms with Gasteiger partial charge in [0.15, 0.2) is 0 Å². The van der Waals surface area contributed by atoms with Crippen LogP contribution in [-0.4, -0.2) is 39.7 Å². The molecule has 1 aromatic heterocycles. The van der Waals surface area contributed by atoms with Crippen LogP contribution in [0.25, 0.3) is 0 Å². The van der Waals surface area contributed by atoms with Crippen molar-refractivity contribution in [2.24, 2.45) is 0 Å². The first-order valence-corrected chi connectivity index (χ1v) is 5.53. The Kier molecular flexibility index (Phi) is 3.08. The van der Waals surface area contributed by atoms with Crippen LogP contribution in [0.15, 0.2) is 12.4 Å². The Morgan fingerprint density at radius 1 is 1.57 bits per heavy atom. The fraction of sp³-hybridized carbons (Fsp3) is 0.700. The Hall–Kier alpha value is -0.540. The van der Waals surface area contributed by atoms with Crippen LogP contribution in [0.4, 0.5) is 0 Å². The van der Waals surface area contributed by atoms with Crippen molar-refractivity contribution in [3.05, 3.63) is 18.0 Å². The van der Waals surface area contributed by atoms with Crippen LogP contribution >= 0.6 is 11.6 Å². The highest BCUT2D eigenvalue weighted by Gasteiger charge is 2.19. The fourth-order valence-corrected chi connectivity index (χ4v) is 2.11. The molecule has 14 heavy (non-hydrogen) atoms. The summed E-state index contributed by atoms with van der Waals surface area (Å²) in [5, 5.41) is 4.61. The molecule has 78 valence electrons. The number of aryl methyl sites for hydroxylation is 1. The van der Waals surface area contributed by atoms with E-state index in [1.807, 2.05) is 10.9 Å². The summed E-state index contributed by atoms with van der Waals surface area (Å²) in [7, 11) is 0. The van der Waals surface area contributed by atoms with Crippen LogP contribution in [0.5, 0.6) is 0 Å². The van der Waals surface area contributed by atoms with Gasteiger partial charge in [-0.3, -0.25) is 9.58 Å². The Bertz CT molecular complexity index is 297. The molecule has 0 bridgehead atoms. The first-order valence-electron chi connectivity index (χ1n) is 5.09. The molecule has 1 saturated heterocycles. The standard InChI is InChI=1S/C10H16ClN3/c1-9-6-12-14(7-9)5-4-13-3-2-10(11)8-13/h6-7,10H,2-5,8H2,1H3. The molecule has 1 fully saturated rings. The molecule has 0 aliphatic carbocycles. The van der Waals surface area contributed by atoms with Crippen LogP contribution in [0, 0.1) is 6.92 Å². The lowest BCUT2D eigenvalue weighted by atomic mass is 10.4. The van der Waals surface area contributed by atoms with Gasteiger partial charge in [0, 0.05) is 24.7 Å². The summed E-state index contributed by atoms with van der Waals surface area (Å²) in [6.07, 6.45) is 5.10. The molecule has 3 nitrogen and oxygen atoms in total. The van der Waals surface area contributed by atoms with Gasteiger partial charge in [0.2, 0.25) is 0 Å². The van der Waals surface area contributed by atoms with E-state index in [-0.39, 0.29) is 0 Å². The topological polar surface area (TPSA) is 21.1 Å².